The summed E-state index contributed by atoms with van der Waals surface area (Å²) in [5.74, 6) is -0.463. The second kappa shape index (κ2) is 14.5. The smallest absolute Gasteiger partial charge is 0.262 e. The van der Waals surface area contributed by atoms with E-state index in [9.17, 15) is 14.4 Å². The fraction of sp³-hybridized carbons (Fsp3) is 0.289. The van der Waals surface area contributed by atoms with Gasteiger partial charge in [0.05, 0.1) is 10.7 Å². The molecule has 2 aliphatic heterocycles. The van der Waals surface area contributed by atoms with Gasteiger partial charge in [0.25, 0.3) is 5.56 Å². The Morgan fingerprint density at radius 1 is 0.840 bits per heavy atom. The van der Waals surface area contributed by atoms with Crippen LogP contribution in [-0.4, -0.2) is 51.4 Å². The average Bonchev–Trinajstić information content (AvgIpc) is 3.73. The van der Waals surface area contributed by atoms with E-state index in [-0.39, 0.29) is 29.5 Å². The normalized spacial score (nSPS) is 17.3. The lowest BCUT2D eigenvalue weighted by molar-refractivity contribution is -0.120. The molecule has 7 rings (SSSR count). The molecule has 50 heavy (non-hydrogen) atoms. The maximum absolute atomic E-state index is 15.1. The molecule has 0 aliphatic carbocycles. The van der Waals surface area contributed by atoms with Crippen LogP contribution in [0.25, 0.3) is 39.2 Å². The summed E-state index contributed by atoms with van der Waals surface area (Å²) in [4.78, 5) is 45.0. The summed E-state index contributed by atoms with van der Waals surface area (Å²) in [7, 11) is 0. The predicted octanol–water partition coefficient (Wildman–Crippen LogP) is 4.93. The summed E-state index contributed by atoms with van der Waals surface area (Å²) in [6.45, 7) is 3.84. The molecule has 0 unspecified atom stereocenters. The molecule has 12 heteroatoms. The number of carbonyl (C=O) groups excluding carboxylic acids is 2. The van der Waals surface area contributed by atoms with Gasteiger partial charge in [-0.25, -0.2) is 9.97 Å². The fourth-order valence-corrected chi connectivity index (χ4v) is 7.07. The van der Waals surface area contributed by atoms with Gasteiger partial charge in [-0.2, -0.15) is 4.39 Å². The Labute approximate surface area is 293 Å². The van der Waals surface area contributed by atoms with Gasteiger partial charge in [-0.05, 0) is 60.2 Å². The first-order valence-corrected chi connectivity index (χ1v) is 17.2. The fourth-order valence-electron chi connectivity index (χ4n) is 6.75. The first kappa shape index (κ1) is 33.5. The van der Waals surface area contributed by atoms with Crippen molar-refractivity contribution in [2.24, 2.45) is 0 Å². The minimum atomic E-state index is -0.573. The van der Waals surface area contributed by atoms with Gasteiger partial charge in [-0.1, -0.05) is 54.1 Å². The number of rotatable bonds is 11. The lowest BCUT2D eigenvalue weighted by atomic mass is 9.92. The molecule has 2 atom stereocenters. The van der Waals surface area contributed by atoms with Crippen LogP contribution in [0.2, 0.25) is 5.02 Å². The van der Waals surface area contributed by atoms with Crippen LogP contribution in [0.1, 0.15) is 42.4 Å². The number of hydrogen-bond acceptors (Lipinski definition) is 7. The summed E-state index contributed by atoms with van der Waals surface area (Å²) in [5.41, 5.74) is 6.96. The molecule has 0 radical (unpaired) electrons. The number of nitrogens with one attached hydrogen (secondary N) is 4. The van der Waals surface area contributed by atoms with Crippen molar-refractivity contribution in [2.45, 2.75) is 57.8 Å². The first-order chi connectivity index (χ1) is 24.2. The van der Waals surface area contributed by atoms with E-state index in [2.05, 4.69) is 31.2 Å². The maximum atomic E-state index is 15.1. The minimum absolute atomic E-state index is 0.0479. The molecule has 2 amide bonds. The largest absolute Gasteiger partial charge is 0.352 e. The van der Waals surface area contributed by atoms with E-state index in [0.717, 1.165) is 40.7 Å². The van der Waals surface area contributed by atoms with E-state index < -0.39 is 5.95 Å². The van der Waals surface area contributed by atoms with Gasteiger partial charge in [-0.3, -0.25) is 18.8 Å². The molecule has 2 aliphatic rings. The lowest BCUT2D eigenvalue weighted by Crippen LogP contribution is -2.36. The van der Waals surface area contributed by atoms with E-state index in [1.165, 1.54) is 0 Å². The minimum Gasteiger partial charge on any atom is -0.352 e. The molecule has 10 nitrogen and oxygen atoms in total. The van der Waals surface area contributed by atoms with Crippen LogP contribution in [0.5, 0.6) is 0 Å². The Morgan fingerprint density at radius 3 is 2.14 bits per heavy atom. The van der Waals surface area contributed by atoms with Gasteiger partial charge in [0.1, 0.15) is 5.65 Å². The van der Waals surface area contributed by atoms with Crippen molar-refractivity contribution in [3.05, 3.63) is 111 Å². The van der Waals surface area contributed by atoms with Gasteiger partial charge in [0.2, 0.25) is 17.8 Å². The highest BCUT2D eigenvalue weighted by Gasteiger charge is 2.22. The van der Waals surface area contributed by atoms with Gasteiger partial charge in [0.15, 0.2) is 0 Å². The number of aromatic nitrogens is 3. The molecular formula is C38H37ClFN7O3. The molecular weight excluding hydrogens is 657 g/mol. The highest BCUT2D eigenvalue weighted by Crippen LogP contribution is 2.39. The van der Waals surface area contributed by atoms with Gasteiger partial charge < -0.3 is 21.3 Å². The van der Waals surface area contributed by atoms with E-state index in [0.29, 0.717) is 72.1 Å². The van der Waals surface area contributed by atoms with E-state index >= 15 is 4.39 Å². The molecule has 4 N–H and O–H groups in total. The standard InChI is InChI=1S/C38H37ClFN7O3/c1-22-28(23-14-15-47-33(16-23)43-19-25(38(47)50)18-42-21-27-10-13-35(49)45-27)4-2-5-29(22)30-6-3-7-31(36(30)39)32-11-8-24(37(40)46-32)17-41-20-26-9-12-34(48)44-26/h2-8,11,14-16,19,26-27,41-42H,9-10,12-13,17-18,20-21H2,1H3,(H,44,48)(H,45,49)/t26-,27+/m1/s1. The number of amides is 2. The zero-order valence-electron chi connectivity index (χ0n) is 27.6. The molecule has 256 valence electrons. The average molecular weight is 694 g/mol. The number of halogens is 2. The van der Waals surface area contributed by atoms with Crippen molar-refractivity contribution in [3.8, 4) is 33.5 Å². The third-order valence-corrected chi connectivity index (χ3v) is 9.91. The topological polar surface area (TPSA) is 130 Å². The molecule has 2 fully saturated rings. The van der Waals surface area contributed by atoms with E-state index in [1.807, 2.05) is 55.5 Å². The Bertz CT molecular complexity index is 2170. The predicted molar refractivity (Wildman–Crippen MR) is 191 cm³/mol. The lowest BCUT2D eigenvalue weighted by Gasteiger charge is -2.16. The van der Waals surface area contributed by atoms with E-state index in [4.69, 9.17) is 11.6 Å². The molecule has 5 heterocycles. The van der Waals surface area contributed by atoms with Crippen LogP contribution in [0.3, 0.4) is 0 Å². The van der Waals surface area contributed by atoms with Gasteiger partial charge in [-0.15, -0.1) is 0 Å². The third kappa shape index (κ3) is 7.02. The van der Waals surface area contributed by atoms with Crippen LogP contribution >= 0.6 is 11.6 Å². The Morgan fingerprint density at radius 2 is 1.48 bits per heavy atom. The zero-order valence-corrected chi connectivity index (χ0v) is 28.3. The summed E-state index contributed by atoms with van der Waals surface area (Å²) in [6.07, 6.45) is 5.97. The summed E-state index contributed by atoms with van der Waals surface area (Å²) >= 11 is 7.02. The number of benzene rings is 2. The molecule has 5 aromatic rings. The zero-order chi connectivity index (χ0) is 34.8. The molecule has 2 aromatic carbocycles. The summed E-state index contributed by atoms with van der Waals surface area (Å²) in [6, 6.07) is 19.0. The Hall–Kier alpha value is -4.97. The number of carbonyl (C=O) groups is 2. The van der Waals surface area contributed by atoms with Crippen LogP contribution in [0.4, 0.5) is 4.39 Å². The van der Waals surface area contributed by atoms with Crippen molar-refractivity contribution in [3.63, 3.8) is 0 Å². The molecule has 0 spiro atoms. The van der Waals surface area contributed by atoms with Gasteiger partial charge in [0, 0.05) is 85.8 Å². The number of hydrogen-bond donors (Lipinski definition) is 4. The second-order valence-electron chi connectivity index (χ2n) is 12.9. The second-order valence-corrected chi connectivity index (χ2v) is 13.3. The van der Waals surface area contributed by atoms with Gasteiger partial charge >= 0.3 is 0 Å². The maximum Gasteiger partial charge on any atom is 0.262 e. The quantitative estimate of drug-likeness (QED) is 0.145. The van der Waals surface area contributed by atoms with Crippen LogP contribution < -0.4 is 26.8 Å². The van der Waals surface area contributed by atoms with Crippen molar-refractivity contribution in [1.82, 2.24) is 35.6 Å². The van der Waals surface area contributed by atoms with Crippen LogP contribution in [-0.2, 0) is 22.7 Å². The first-order valence-electron chi connectivity index (χ1n) is 16.8. The third-order valence-electron chi connectivity index (χ3n) is 9.50. The molecule has 0 saturated carbocycles. The highest BCUT2D eigenvalue weighted by atomic mass is 35.5. The van der Waals surface area contributed by atoms with Crippen molar-refractivity contribution < 1.29 is 14.0 Å². The van der Waals surface area contributed by atoms with Crippen LogP contribution in [0.15, 0.2) is 77.9 Å². The van der Waals surface area contributed by atoms with Crippen LogP contribution in [0, 0.1) is 12.9 Å². The highest BCUT2D eigenvalue weighted by molar-refractivity contribution is 6.36. The molecule has 2 saturated heterocycles. The Kier molecular flexibility index (Phi) is 9.71. The Balaban J connectivity index is 1.09. The number of pyridine rings is 2. The van der Waals surface area contributed by atoms with Crippen molar-refractivity contribution >= 4 is 29.1 Å². The van der Waals surface area contributed by atoms with E-state index in [1.54, 1.807) is 28.9 Å². The van der Waals surface area contributed by atoms with Crippen molar-refractivity contribution in [2.75, 3.05) is 13.1 Å². The molecule has 3 aromatic heterocycles. The number of fused-ring (bicyclic) bond motifs is 1. The number of nitrogens with zero attached hydrogens (tertiary/aromatic N) is 3. The van der Waals surface area contributed by atoms with Crippen molar-refractivity contribution in [1.29, 1.82) is 0 Å². The SMILES string of the molecule is Cc1c(-c2ccn3c(=O)c(CNC[C@@H]4CCC(=O)N4)cnc3c2)cccc1-c1cccc(-c2ccc(CNC[C@H]3CCC(=O)N3)c(F)n2)c1Cl. The molecule has 0 bridgehead atoms. The monoisotopic (exact) mass is 693 g/mol. The summed E-state index contributed by atoms with van der Waals surface area (Å²) in [5, 5.41) is 12.8. The summed E-state index contributed by atoms with van der Waals surface area (Å²) < 4.78 is 16.7.